The summed E-state index contributed by atoms with van der Waals surface area (Å²) >= 11 is 0. The van der Waals surface area contributed by atoms with Crippen molar-refractivity contribution < 1.29 is 9.53 Å². The number of hydrogen-bond acceptors (Lipinski definition) is 3. The third-order valence-electron chi connectivity index (χ3n) is 4.11. The molecule has 4 heteroatoms. The van der Waals surface area contributed by atoms with E-state index in [2.05, 4.69) is 17.1 Å². The number of nitrogens with zero attached hydrogens (tertiary/aromatic N) is 1. The highest BCUT2D eigenvalue weighted by molar-refractivity contribution is 5.77. The van der Waals surface area contributed by atoms with Crippen LogP contribution in [0.4, 0.5) is 0 Å². The van der Waals surface area contributed by atoms with Crippen LogP contribution in [-0.2, 0) is 9.53 Å². The van der Waals surface area contributed by atoms with Crippen LogP contribution in [0.5, 0.6) is 0 Å². The summed E-state index contributed by atoms with van der Waals surface area (Å²) in [5.41, 5.74) is 0. The summed E-state index contributed by atoms with van der Waals surface area (Å²) < 4.78 is 5.13. The monoisotopic (exact) mass is 268 g/mol. The average molecular weight is 268 g/mol. The molecule has 0 spiro atoms. The molecule has 1 aliphatic heterocycles. The van der Waals surface area contributed by atoms with E-state index in [1.165, 1.54) is 32.1 Å². The van der Waals surface area contributed by atoms with Gasteiger partial charge in [-0.05, 0) is 38.1 Å². The molecule has 110 valence electrons. The largest absolute Gasteiger partial charge is 0.384 e. The number of piperidine rings is 1. The minimum atomic E-state index is 0.318. The Morgan fingerprint density at radius 3 is 2.74 bits per heavy atom. The Labute approximate surface area is 116 Å². The molecule has 0 radical (unpaired) electrons. The summed E-state index contributed by atoms with van der Waals surface area (Å²) in [6.45, 7) is 4.78. The first kappa shape index (κ1) is 14.8. The highest BCUT2D eigenvalue weighted by atomic mass is 16.5. The van der Waals surface area contributed by atoms with Crippen LogP contribution in [0.2, 0.25) is 0 Å². The molecule has 4 nitrogen and oxygen atoms in total. The van der Waals surface area contributed by atoms with Crippen LogP contribution in [0.3, 0.4) is 0 Å². The topological polar surface area (TPSA) is 41.6 Å². The van der Waals surface area contributed by atoms with Crippen LogP contribution < -0.4 is 5.32 Å². The summed E-state index contributed by atoms with van der Waals surface area (Å²) in [6, 6.07) is 1.03. The fraction of sp³-hybridized carbons (Fsp3) is 0.933. The molecular formula is C15H28N2O2. The number of ether oxygens (including phenoxy) is 1. The van der Waals surface area contributed by atoms with Crippen molar-refractivity contribution in [2.75, 3.05) is 26.8 Å². The summed E-state index contributed by atoms with van der Waals surface area (Å²) in [5, 5.41) is 3.55. The van der Waals surface area contributed by atoms with Gasteiger partial charge in [-0.1, -0.05) is 13.3 Å². The fourth-order valence-electron chi connectivity index (χ4n) is 2.92. The quantitative estimate of drug-likeness (QED) is 0.765. The van der Waals surface area contributed by atoms with Crippen LogP contribution >= 0.6 is 0 Å². The highest BCUT2D eigenvalue weighted by Crippen LogP contribution is 2.28. The van der Waals surface area contributed by atoms with Crippen LogP contribution in [0, 0.1) is 5.92 Å². The normalized spacial score (nSPS) is 25.1. The van der Waals surface area contributed by atoms with Gasteiger partial charge in [-0.2, -0.15) is 0 Å². The van der Waals surface area contributed by atoms with Gasteiger partial charge in [0.2, 0.25) is 5.91 Å². The molecule has 0 aromatic carbocycles. The summed E-state index contributed by atoms with van der Waals surface area (Å²) in [6.07, 6.45) is 6.79. The van der Waals surface area contributed by atoms with E-state index in [1.807, 2.05) is 0 Å². The Morgan fingerprint density at radius 1 is 1.37 bits per heavy atom. The van der Waals surface area contributed by atoms with Gasteiger partial charge in [-0.3, -0.25) is 4.79 Å². The lowest BCUT2D eigenvalue weighted by molar-refractivity contribution is -0.133. The predicted octanol–water partition coefficient (Wildman–Crippen LogP) is 1.79. The van der Waals surface area contributed by atoms with Gasteiger partial charge in [-0.25, -0.2) is 0 Å². The minimum absolute atomic E-state index is 0.318. The third kappa shape index (κ3) is 4.77. The van der Waals surface area contributed by atoms with Crippen molar-refractivity contribution in [1.29, 1.82) is 0 Å². The van der Waals surface area contributed by atoms with Crippen LogP contribution in [0.25, 0.3) is 0 Å². The number of carbonyl (C=O) groups excluding carboxylic acids is 1. The van der Waals surface area contributed by atoms with Crippen LogP contribution in [0.1, 0.15) is 45.4 Å². The molecule has 1 saturated heterocycles. The maximum Gasteiger partial charge on any atom is 0.223 e. The van der Waals surface area contributed by atoms with Crippen molar-refractivity contribution in [3.63, 3.8) is 0 Å². The van der Waals surface area contributed by atoms with E-state index in [4.69, 9.17) is 4.74 Å². The van der Waals surface area contributed by atoms with Gasteiger partial charge < -0.3 is 15.0 Å². The number of rotatable bonds is 7. The Morgan fingerprint density at radius 2 is 2.16 bits per heavy atom. The molecule has 0 aromatic rings. The van der Waals surface area contributed by atoms with Crippen molar-refractivity contribution in [3.8, 4) is 0 Å². The third-order valence-corrected chi connectivity index (χ3v) is 4.11. The van der Waals surface area contributed by atoms with Crippen molar-refractivity contribution in [2.45, 2.75) is 57.5 Å². The lowest BCUT2D eigenvalue weighted by atomic mass is 10.0. The summed E-state index contributed by atoms with van der Waals surface area (Å²) in [5.74, 6) is 0.637. The first-order valence-corrected chi connectivity index (χ1v) is 7.72. The van der Waals surface area contributed by atoms with E-state index in [-0.39, 0.29) is 0 Å². The first-order valence-electron chi connectivity index (χ1n) is 7.72. The van der Waals surface area contributed by atoms with Gasteiger partial charge in [0.15, 0.2) is 0 Å². The maximum atomic E-state index is 12.4. The molecule has 0 aromatic heterocycles. The lowest BCUT2D eigenvalue weighted by Crippen LogP contribution is -2.47. The molecule has 2 atom stereocenters. The minimum Gasteiger partial charge on any atom is -0.384 e. The second-order valence-electron chi connectivity index (χ2n) is 6.19. The Bertz CT molecular complexity index is 286. The predicted molar refractivity (Wildman–Crippen MR) is 76.0 cm³/mol. The lowest BCUT2D eigenvalue weighted by Gasteiger charge is -2.31. The van der Waals surface area contributed by atoms with Crippen molar-refractivity contribution >= 4 is 5.91 Å². The number of carbonyl (C=O) groups is 1. The summed E-state index contributed by atoms with van der Waals surface area (Å²) in [4.78, 5) is 14.6. The van der Waals surface area contributed by atoms with Gasteiger partial charge >= 0.3 is 0 Å². The van der Waals surface area contributed by atoms with Gasteiger partial charge in [0.1, 0.15) is 0 Å². The van der Waals surface area contributed by atoms with Gasteiger partial charge in [0.25, 0.3) is 0 Å². The molecule has 1 N–H and O–H groups in total. The number of methoxy groups -OCH3 is 1. The van der Waals surface area contributed by atoms with E-state index in [1.54, 1.807) is 7.11 Å². The molecule has 2 rings (SSSR count). The van der Waals surface area contributed by atoms with Crippen molar-refractivity contribution in [2.24, 2.45) is 5.92 Å². The zero-order valence-corrected chi connectivity index (χ0v) is 12.4. The molecule has 2 unspecified atom stereocenters. The van der Waals surface area contributed by atoms with E-state index < -0.39 is 0 Å². The van der Waals surface area contributed by atoms with E-state index in [9.17, 15) is 4.79 Å². The maximum absolute atomic E-state index is 12.4. The molecule has 1 amide bonds. The Balaban J connectivity index is 1.82. The number of amides is 1. The SMILES string of the molecule is COCC(C)CC(=O)N(CC1CCCCN1)C1CC1. The second kappa shape index (κ2) is 7.25. The van der Waals surface area contributed by atoms with E-state index in [0.29, 0.717) is 36.9 Å². The number of hydrogen-bond donors (Lipinski definition) is 1. The molecule has 19 heavy (non-hydrogen) atoms. The Kier molecular flexibility index (Phi) is 5.64. The molecule has 1 heterocycles. The molecule has 1 saturated carbocycles. The fourth-order valence-corrected chi connectivity index (χ4v) is 2.92. The molecular weight excluding hydrogens is 240 g/mol. The number of nitrogens with one attached hydrogen (secondary N) is 1. The molecule has 0 bridgehead atoms. The summed E-state index contributed by atoms with van der Waals surface area (Å²) in [7, 11) is 1.70. The highest BCUT2D eigenvalue weighted by Gasteiger charge is 2.34. The van der Waals surface area contributed by atoms with Crippen molar-refractivity contribution in [1.82, 2.24) is 10.2 Å². The molecule has 2 aliphatic rings. The second-order valence-corrected chi connectivity index (χ2v) is 6.19. The van der Waals surface area contributed by atoms with Gasteiger partial charge in [-0.15, -0.1) is 0 Å². The average Bonchev–Trinajstić information content (AvgIpc) is 3.21. The van der Waals surface area contributed by atoms with Gasteiger partial charge in [0, 0.05) is 38.8 Å². The smallest absolute Gasteiger partial charge is 0.223 e. The zero-order valence-electron chi connectivity index (χ0n) is 12.4. The molecule has 2 fully saturated rings. The molecule has 1 aliphatic carbocycles. The standard InChI is InChI=1S/C15H28N2O2/c1-12(11-19-2)9-15(18)17(14-6-7-14)10-13-5-3-4-8-16-13/h12-14,16H,3-11H2,1-2H3. The van der Waals surface area contributed by atoms with Crippen LogP contribution in [0.15, 0.2) is 0 Å². The first-order chi connectivity index (χ1) is 9.20. The van der Waals surface area contributed by atoms with E-state index in [0.717, 1.165) is 13.1 Å². The van der Waals surface area contributed by atoms with Gasteiger partial charge in [0.05, 0.1) is 0 Å². The van der Waals surface area contributed by atoms with E-state index >= 15 is 0 Å². The van der Waals surface area contributed by atoms with Crippen LogP contribution in [-0.4, -0.2) is 49.7 Å². The zero-order chi connectivity index (χ0) is 13.7. The van der Waals surface area contributed by atoms with Crippen molar-refractivity contribution in [3.05, 3.63) is 0 Å². The Hall–Kier alpha value is -0.610.